The molecule has 0 bridgehead atoms. The van der Waals surface area contributed by atoms with Crippen LogP contribution in [0, 0.1) is 0 Å². The minimum atomic E-state index is -0.0516. The molecule has 1 saturated carbocycles. The van der Waals surface area contributed by atoms with Crippen molar-refractivity contribution in [1.29, 1.82) is 0 Å². The second-order valence-corrected chi connectivity index (χ2v) is 8.54. The number of carbonyl (C=O) groups excluding carboxylic acids is 1. The van der Waals surface area contributed by atoms with E-state index in [1.54, 1.807) is 7.11 Å². The van der Waals surface area contributed by atoms with Crippen molar-refractivity contribution in [1.82, 2.24) is 10.2 Å². The average molecular weight is 409 g/mol. The number of carbonyl (C=O) groups is 1. The van der Waals surface area contributed by atoms with Crippen LogP contribution in [0.25, 0.3) is 0 Å². The van der Waals surface area contributed by atoms with Crippen molar-refractivity contribution in [2.45, 2.75) is 50.7 Å². The number of nitrogens with zero attached hydrogens (tertiary/aromatic N) is 1. The lowest BCUT2D eigenvalue weighted by Crippen LogP contribution is -2.40. The van der Waals surface area contributed by atoms with E-state index in [-0.39, 0.29) is 12.0 Å². The molecule has 30 heavy (non-hydrogen) atoms. The first-order chi connectivity index (χ1) is 14.6. The van der Waals surface area contributed by atoms with E-state index in [0.717, 1.165) is 45.3 Å². The molecular formula is C25H32N2O3. The van der Waals surface area contributed by atoms with Crippen molar-refractivity contribution in [2.75, 3.05) is 26.7 Å². The normalized spacial score (nSPS) is 18.6. The molecule has 0 aromatic heterocycles. The largest absolute Gasteiger partial charge is 0.497 e. The highest BCUT2D eigenvalue weighted by Crippen LogP contribution is 2.29. The Labute approximate surface area is 179 Å². The van der Waals surface area contributed by atoms with Crippen LogP contribution in [0.5, 0.6) is 11.5 Å². The summed E-state index contributed by atoms with van der Waals surface area (Å²) in [5.74, 6) is 1.80. The summed E-state index contributed by atoms with van der Waals surface area (Å²) >= 11 is 0. The van der Waals surface area contributed by atoms with Gasteiger partial charge in [-0.05, 0) is 49.3 Å². The summed E-state index contributed by atoms with van der Waals surface area (Å²) in [7, 11) is 1.63. The maximum atomic E-state index is 12.6. The van der Waals surface area contributed by atoms with Crippen molar-refractivity contribution in [3.05, 3.63) is 59.7 Å². The molecule has 0 spiro atoms. The molecule has 2 fully saturated rings. The van der Waals surface area contributed by atoms with E-state index in [1.165, 1.54) is 5.56 Å². The van der Waals surface area contributed by atoms with Gasteiger partial charge in [-0.3, -0.25) is 4.79 Å². The fraction of sp³-hybridized carbons (Fsp3) is 0.480. The third kappa shape index (κ3) is 5.33. The van der Waals surface area contributed by atoms with Crippen LogP contribution < -0.4 is 14.8 Å². The average Bonchev–Trinajstić information content (AvgIpc) is 3.59. The third-order valence-electron chi connectivity index (χ3n) is 6.07. The number of benzene rings is 2. The molecule has 1 amide bonds. The summed E-state index contributed by atoms with van der Waals surface area (Å²) in [6, 6.07) is 16.5. The molecule has 2 aliphatic rings. The zero-order chi connectivity index (χ0) is 20.9. The van der Waals surface area contributed by atoms with Crippen LogP contribution in [0.1, 0.15) is 54.4 Å². The first-order valence-electron chi connectivity index (χ1n) is 11.0. The summed E-state index contributed by atoms with van der Waals surface area (Å²) in [5, 5.41) is 3.06. The van der Waals surface area contributed by atoms with Gasteiger partial charge in [0.1, 0.15) is 17.6 Å². The minimum Gasteiger partial charge on any atom is -0.497 e. The van der Waals surface area contributed by atoms with Crippen LogP contribution in [0.4, 0.5) is 0 Å². The molecule has 0 radical (unpaired) electrons. The van der Waals surface area contributed by atoms with E-state index in [0.29, 0.717) is 29.0 Å². The molecule has 1 atom stereocenters. The second kappa shape index (κ2) is 9.52. The van der Waals surface area contributed by atoms with Crippen LogP contribution in [0.2, 0.25) is 0 Å². The van der Waals surface area contributed by atoms with E-state index in [4.69, 9.17) is 9.47 Å². The molecule has 1 heterocycles. The van der Waals surface area contributed by atoms with Gasteiger partial charge in [0.2, 0.25) is 0 Å². The predicted molar refractivity (Wildman–Crippen MR) is 118 cm³/mol. The van der Waals surface area contributed by atoms with E-state index in [1.807, 2.05) is 18.2 Å². The van der Waals surface area contributed by atoms with Crippen LogP contribution in [0.15, 0.2) is 48.5 Å². The zero-order valence-electron chi connectivity index (χ0n) is 18.0. The molecule has 1 N–H and O–H groups in total. The first kappa shape index (κ1) is 20.7. The van der Waals surface area contributed by atoms with Gasteiger partial charge >= 0.3 is 0 Å². The Kier molecular flexibility index (Phi) is 6.58. The van der Waals surface area contributed by atoms with Crippen molar-refractivity contribution < 1.29 is 14.3 Å². The van der Waals surface area contributed by atoms with Crippen molar-refractivity contribution in [2.24, 2.45) is 0 Å². The van der Waals surface area contributed by atoms with E-state index in [9.17, 15) is 4.79 Å². The van der Waals surface area contributed by atoms with Crippen molar-refractivity contribution in [3.8, 4) is 11.5 Å². The number of rotatable bonds is 8. The summed E-state index contributed by atoms with van der Waals surface area (Å²) in [5.41, 5.74) is 1.99. The number of nitrogens with one attached hydrogen (secondary N) is 1. The monoisotopic (exact) mass is 408 g/mol. The maximum Gasteiger partial charge on any atom is 0.255 e. The molecular weight excluding hydrogens is 376 g/mol. The number of hydrogen-bond acceptors (Lipinski definition) is 4. The highest BCUT2D eigenvalue weighted by atomic mass is 16.5. The molecule has 0 unspecified atom stereocenters. The van der Waals surface area contributed by atoms with E-state index >= 15 is 0 Å². The number of methoxy groups -OCH3 is 1. The van der Waals surface area contributed by atoms with Crippen molar-refractivity contribution >= 4 is 5.91 Å². The number of likely N-dealkylation sites (tertiary alicyclic amines) is 1. The molecule has 5 nitrogen and oxygen atoms in total. The van der Waals surface area contributed by atoms with Gasteiger partial charge < -0.3 is 19.7 Å². The van der Waals surface area contributed by atoms with E-state index < -0.39 is 0 Å². The Morgan fingerprint density at radius 3 is 2.50 bits per heavy atom. The van der Waals surface area contributed by atoms with Gasteiger partial charge in [0.25, 0.3) is 5.91 Å². The first-order valence-corrected chi connectivity index (χ1v) is 11.0. The molecule has 4 rings (SSSR count). The molecule has 2 aromatic rings. The summed E-state index contributed by atoms with van der Waals surface area (Å²) < 4.78 is 11.7. The minimum absolute atomic E-state index is 0.0516. The third-order valence-corrected chi connectivity index (χ3v) is 6.07. The van der Waals surface area contributed by atoms with Gasteiger partial charge in [-0.1, -0.05) is 37.3 Å². The van der Waals surface area contributed by atoms with Crippen LogP contribution >= 0.6 is 0 Å². The molecule has 1 aliphatic carbocycles. The number of ether oxygens (including phenoxy) is 2. The van der Waals surface area contributed by atoms with Gasteiger partial charge in [0, 0.05) is 31.7 Å². The van der Waals surface area contributed by atoms with E-state index in [2.05, 4.69) is 47.5 Å². The number of piperidine rings is 1. The van der Waals surface area contributed by atoms with Crippen LogP contribution in [0.3, 0.4) is 0 Å². The molecule has 2 aromatic carbocycles. The molecule has 160 valence electrons. The zero-order valence-corrected chi connectivity index (χ0v) is 18.0. The fourth-order valence-electron chi connectivity index (χ4n) is 4.07. The Morgan fingerprint density at radius 1 is 1.10 bits per heavy atom. The quantitative estimate of drug-likeness (QED) is 0.710. The second-order valence-electron chi connectivity index (χ2n) is 8.54. The lowest BCUT2D eigenvalue weighted by atomic mass is 9.99. The topological polar surface area (TPSA) is 50.8 Å². The smallest absolute Gasteiger partial charge is 0.255 e. The predicted octanol–water partition coefficient (Wildman–Crippen LogP) is 4.23. The summed E-state index contributed by atoms with van der Waals surface area (Å²) in [6.45, 7) is 5.37. The Morgan fingerprint density at radius 2 is 1.83 bits per heavy atom. The Balaban J connectivity index is 1.34. The van der Waals surface area contributed by atoms with Gasteiger partial charge in [-0.15, -0.1) is 0 Å². The highest BCUT2D eigenvalue weighted by molar-refractivity contribution is 5.97. The molecule has 5 heteroatoms. The number of hydrogen-bond donors (Lipinski definition) is 1. The van der Waals surface area contributed by atoms with Gasteiger partial charge in [-0.25, -0.2) is 0 Å². The Hall–Kier alpha value is -2.53. The van der Waals surface area contributed by atoms with Crippen LogP contribution in [-0.4, -0.2) is 49.7 Å². The lowest BCUT2D eigenvalue weighted by Gasteiger charge is -2.34. The Bertz CT molecular complexity index is 843. The fourth-order valence-corrected chi connectivity index (χ4v) is 4.07. The molecule has 1 aliphatic heterocycles. The molecule has 1 saturated heterocycles. The van der Waals surface area contributed by atoms with Gasteiger partial charge in [0.15, 0.2) is 0 Å². The summed E-state index contributed by atoms with van der Waals surface area (Å²) in [4.78, 5) is 15.1. The lowest BCUT2D eigenvalue weighted by molar-refractivity contribution is 0.0894. The summed E-state index contributed by atoms with van der Waals surface area (Å²) in [6.07, 6.45) is 4.17. The SMILES string of the molecule is COc1ccc(C(=O)NC2CC2)c(OC2CCN(C[C@H](C)c3ccccc3)CC2)c1. The van der Waals surface area contributed by atoms with Gasteiger partial charge in [0.05, 0.1) is 12.7 Å². The maximum absolute atomic E-state index is 12.6. The van der Waals surface area contributed by atoms with Crippen LogP contribution in [-0.2, 0) is 0 Å². The highest BCUT2D eigenvalue weighted by Gasteiger charge is 2.27. The number of amides is 1. The van der Waals surface area contributed by atoms with Crippen molar-refractivity contribution in [3.63, 3.8) is 0 Å². The standard InChI is InChI=1S/C25H32N2O3/c1-18(19-6-4-3-5-7-19)17-27-14-12-21(13-15-27)30-24-16-22(29-2)10-11-23(24)25(28)26-20-8-9-20/h3-7,10-11,16,18,20-21H,8-9,12-15,17H2,1-2H3,(H,26,28)/t18-/m0/s1. The van der Waals surface area contributed by atoms with Gasteiger partial charge in [-0.2, -0.15) is 0 Å².